The van der Waals surface area contributed by atoms with E-state index in [-0.39, 0.29) is 35.4 Å². The number of halogens is 2. The van der Waals surface area contributed by atoms with Crippen LogP contribution < -0.4 is 16.0 Å². The Kier molecular flexibility index (Phi) is 7.32. The maximum absolute atomic E-state index is 13.6. The van der Waals surface area contributed by atoms with Crippen LogP contribution in [0.2, 0.25) is 5.02 Å². The number of carbonyl (C=O) groups is 3. The third-order valence-corrected chi connectivity index (χ3v) is 4.21. The first-order valence-corrected chi connectivity index (χ1v) is 8.64. The van der Waals surface area contributed by atoms with Gasteiger partial charge in [-0.2, -0.15) is 5.26 Å². The molecule has 0 radical (unpaired) electrons. The SMILES string of the molecule is N#C[C@H](C[C@@H]1CCNC1=O)NC(=O)CNC(=O)/C=C/c1ccc(Cl)cc1F. The first-order chi connectivity index (χ1) is 12.9. The summed E-state index contributed by atoms with van der Waals surface area (Å²) in [5.74, 6) is -2.15. The Labute approximate surface area is 160 Å². The van der Waals surface area contributed by atoms with Crippen molar-refractivity contribution in [1.29, 1.82) is 5.26 Å². The largest absolute Gasteiger partial charge is 0.356 e. The molecule has 1 heterocycles. The number of carbonyl (C=O) groups excluding carboxylic acids is 3. The molecule has 7 nitrogen and oxygen atoms in total. The molecular weight excluding hydrogens is 375 g/mol. The van der Waals surface area contributed by atoms with Crippen molar-refractivity contribution in [1.82, 2.24) is 16.0 Å². The molecule has 2 atom stereocenters. The van der Waals surface area contributed by atoms with Crippen molar-refractivity contribution in [3.05, 3.63) is 40.7 Å². The second kappa shape index (κ2) is 9.69. The van der Waals surface area contributed by atoms with E-state index in [1.54, 1.807) is 0 Å². The van der Waals surface area contributed by atoms with Gasteiger partial charge >= 0.3 is 0 Å². The molecule has 0 saturated carbocycles. The molecular formula is C18H18ClFN4O3. The number of benzene rings is 1. The molecule has 1 aromatic rings. The fourth-order valence-electron chi connectivity index (χ4n) is 2.57. The van der Waals surface area contributed by atoms with Crippen LogP contribution in [0.15, 0.2) is 24.3 Å². The summed E-state index contributed by atoms with van der Waals surface area (Å²) < 4.78 is 13.6. The zero-order chi connectivity index (χ0) is 19.8. The topological polar surface area (TPSA) is 111 Å². The zero-order valence-corrected chi connectivity index (χ0v) is 15.1. The van der Waals surface area contributed by atoms with Crippen molar-refractivity contribution in [2.45, 2.75) is 18.9 Å². The minimum atomic E-state index is -0.818. The van der Waals surface area contributed by atoms with Gasteiger partial charge in [0, 0.05) is 29.1 Å². The Hall–Kier alpha value is -2.92. The number of amides is 3. The van der Waals surface area contributed by atoms with Crippen LogP contribution in [-0.2, 0) is 14.4 Å². The highest BCUT2D eigenvalue weighted by molar-refractivity contribution is 6.30. The molecule has 1 aliphatic heterocycles. The van der Waals surface area contributed by atoms with E-state index < -0.39 is 23.7 Å². The number of rotatable bonds is 7. The van der Waals surface area contributed by atoms with Crippen molar-refractivity contribution in [2.24, 2.45) is 5.92 Å². The van der Waals surface area contributed by atoms with Crippen LogP contribution >= 0.6 is 11.6 Å². The molecule has 0 aromatic heterocycles. The predicted molar refractivity (Wildman–Crippen MR) is 96.7 cm³/mol. The highest BCUT2D eigenvalue weighted by Gasteiger charge is 2.27. The summed E-state index contributed by atoms with van der Waals surface area (Å²) in [5, 5.41) is 16.8. The number of nitrogens with zero attached hydrogens (tertiary/aromatic N) is 1. The Morgan fingerprint density at radius 1 is 1.48 bits per heavy atom. The van der Waals surface area contributed by atoms with E-state index in [9.17, 15) is 18.8 Å². The summed E-state index contributed by atoms with van der Waals surface area (Å²) in [6.07, 6.45) is 3.19. The van der Waals surface area contributed by atoms with Crippen molar-refractivity contribution in [3.63, 3.8) is 0 Å². The van der Waals surface area contributed by atoms with Crippen LogP contribution in [-0.4, -0.2) is 36.9 Å². The van der Waals surface area contributed by atoms with E-state index in [2.05, 4.69) is 16.0 Å². The van der Waals surface area contributed by atoms with Gasteiger partial charge in [-0.05, 0) is 31.1 Å². The standard InChI is InChI=1S/C18H18ClFN4O3/c19-13-3-1-11(15(20)8-13)2-4-16(25)23-10-17(26)24-14(9-21)7-12-5-6-22-18(12)27/h1-4,8,12,14H,5-7,10H2,(H,22,27)(H,23,25)(H,24,26)/b4-2+/t12-,14-/m0/s1. The van der Waals surface area contributed by atoms with Crippen LogP contribution in [0.25, 0.3) is 6.08 Å². The Morgan fingerprint density at radius 3 is 2.89 bits per heavy atom. The molecule has 3 N–H and O–H groups in total. The molecule has 1 aliphatic rings. The minimum Gasteiger partial charge on any atom is -0.356 e. The average Bonchev–Trinajstić information content (AvgIpc) is 3.03. The van der Waals surface area contributed by atoms with Crippen molar-refractivity contribution in [3.8, 4) is 6.07 Å². The maximum atomic E-state index is 13.6. The lowest BCUT2D eigenvalue weighted by molar-refractivity contribution is -0.125. The van der Waals surface area contributed by atoms with Gasteiger partial charge in [0.2, 0.25) is 17.7 Å². The molecule has 0 aliphatic carbocycles. The molecule has 9 heteroatoms. The average molecular weight is 393 g/mol. The van der Waals surface area contributed by atoms with E-state index in [1.807, 2.05) is 6.07 Å². The second-order valence-electron chi connectivity index (χ2n) is 5.98. The fraction of sp³-hybridized carbons (Fsp3) is 0.333. The van der Waals surface area contributed by atoms with Crippen LogP contribution in [0.3, 0.4) is 0 Å². The van der Waals surface area contributed by atoms with Crippen LogP contribution in [0.4, 0.5) is 4.39 Å². The lowest BCUT2D eigenvalue weighted by Gasteiger charge is -2.14. The summed E-state index contributed by atoms with van der Waals surface area (Å²) >= 11 is 5.65. The van der Waals surface area contributed by atoms with E-state index in [1.165, 1.54) is 18.2 Å². The number of hydrogen-bond donors (Lipinski definition) is 3. The van der Waals surface area contributed by atoms with Gasteiger partial charge in [-0.3, -0.25) is 14.4 Å². The lowest BCUT2D eigenvalue weighted by Crippen LogP contribution is -2.42. The minimum absolute atomic E-state index is 0.127. The summed E-state index contributed by atoms with van der Waals surface area (Å²) in [6, 6.07) is 5.15. The van der Waals surface area contributed by atoms with Crippen molar-refractivity contribution in [2.75, 3.05) is 13.1 Å². The van der Waals surface area contributed by atoms with Crippen molar-refractivity contribution < 1.29 is 18.8 Å². The van der Waals surface area contributed by atoms with E-state index in [4.69, 9.17) is 16.9 Å². The fourth-order valence-corrected chi connectivity index (χ4v) is 2.73. The monoisotopic (exact) mass is 392 g/mol. The predicted octanol–water partition coefficient (Wildman–Crippen LogP) is 1.14. The highest BCUT2D eigenvalue weighted by Crippen LogP contribution is 2.16. The Morgan fingerprint density at radius 2 is 2.26 bits per heavy atom. The molecule has 0 spiro atoms. The van der Waals surface area contributed by atoms with Gasteiger partial charge in [-0.1, -0.05) is 17.7 Å². The summed E-state index contributed by atoms with van der Waals surface area (Å²) in [5.41, 5.74) is 0.179. The van der Waals surface area contributed by atoms with E-state index in [0.717, 1.165) is 12.1 Å². The van der Waals surface area contributed by atoms with E-state index >= 15 is 0 Å². The first-order valence-electron chi connectivity index (χ1n) is 8.26. The molecule has 1 aromatic carbocycles. The molecule has 2 rings (SSSR count). The normalized spacial score (nSPS) is 17.2. The highest BCUT2D eigenvalue weighted by atomic mass is 35.5. The van der Waals surface area contributed by atoms with Crippen molar-refractivity contribution >= 4 is 35.4 Å². The summed E-state index contributed by atoms with van der Waals surface area (Å²) in [4.78, 5) is 35.1. The Bertz CT molecular complexity index is 806. The zero-order valence-electron chi connectivity index (χ0n) is 14.3. The molecule has 142 valence electrons. The number of nitrogens with one attached hydrogen (secondary N) is 3. The summed E-state index contributed by atoms with van der Waals surface area (Å²) in [7, 11) is 0. The van der Waals surface area contributed by atoms with E-state index in [0.29, 0.717) is 13.0 Å². The lowest BCUT2D eigenvalue weighted by atomic mass is 9.99. The molecule has 1 fully saturated rings. The third kappa shape index (κ3) is 6.38. The maximum Gasteiger partial charge on any atom is 0.244 e. The first kappa shape index (κ1) is 20.4. The summed E-state index contributed by atoms with van der Waals surface area (Å²) in [6.45, 7) is 0.216. The van der Waals surface area contributed by atoms with Gasteiger partial charge in [-0.25, -0.2) is 4.39 Å². The van der Waals surface area contributed by atoms with Gasteiger partial charge in [0.1, 0.15) is 11.9 Å². The Balaban J connectivity index is 1.78. The number of hydrogen-bond acceptors (Lipinski definition) is 4. The quantitative estimate of drug-likeness (QED) is 0.604. The van der Waals surface area contributed by atoms with Crippen LogP contribution in [0.5, 0.6) is 0 Å². The smallest absolute Gasteiger partial charge is 0.244 e. The van der Waals surface area contributed by atoms with Gasteiger partial charge in [-0.15, -0.1) is 0 Å². The molecule has 0 unspecified atom stereocenters. The molecule has 27 heavy (non-hydrogen) atoms. The number of nitriles is 1. The molecule has 0 bridgehead atoms. The van der Waals surface area contributed by atoms with Crippen LogP contribution in [0, 0.1) is 23.1 Å². The van der Waals surface area contributed by atoms with Gasteiger partial charge in [0.05, 0.1) is 12.6 Å². The van der Waals surface area contributed by atoms with Crippen LogP contribution in [0.1, 0.15) is 18.4 Å². The van der Waals surface area contributed by atoms with Gasteiger partial charge < -0.3 is 16.0 Å². The van der Waals surface area contributed by atoms with Gasteiger partial charge in [0.15, 0.2) is 0 Å². The molecule has 1 saturated heterocycles. The second-order valence-corrected chi connectivity index (χ2v) is 6.41. The third-order valence-electron chi connectivity index (χ3n) is 3.97. The van der Waals surface area contributed by atoms with Gasteiger partial charge in [0.25, 0.3) is 0 Å². The molecule has 3 amide bonds.